The van der Waals surface area contributed by atoms with E-state index in [9.17, 15) is 13.2 Å². The Morgan fingerprint density at radius 1 is 1.17 bits per heavy atom. The molecule has 18 heavy (non-hydrogen) atoms. The molecule has 1 N–H and O–H groups in total. The minimum atomic E-state index is -4.41. The highest BCUT2D eigenvalue weighted by molar-refractivity contribution is 5.33. The number of aliphatic hydroxyl groups is 1. The molecule has 0 fully saturated rings. The average molecular weight is 257 g/mol. The van der Waals surface area contributed by atoms with E-state index in [1.807, 2.05) is 0 Å². The maximum Gasteiger partial charge on any atom is 0.416 e. The van der Waals surface area contributed by atoms with Crippen LogP contribution in [0.15, 0.2) is 35.0 Å². The summed E-state index contributed by atoms with van der Waals surface area (Å²) in [7, 11) is 0. The van der Waals surface area contributed by atoms with Crippen molar-refractivity contribution < 1.29 is 22.8 Å². The monoisotopic (exact) mass is 257 g/mol. The highest BCUT2D eigenvalue weighted by Crippen LogP contribution is 2.33. The molecule has 0 radical (unpaired) electrons. The van der Waals surface area contributed by atoms with E-state index in [4.69, 9.17) is 9.63 Å². The van der Waals surface area contributed by atoms with Crippen molar-refractivity contribution in [1.29, 1.82) is 0 Å². The first-order valence-electron chi connectivity index (χ1n) is 5.20. The van der Waals surface area contributed by atoms with E-state index >= 15 is 0 Å². The van der Waals surface area contributed by atoms with Gasteiger partial charge in [-0.25, -0.2) is 0 Å². The fraction of sp³-hybridized carbons (Fsp3) is 0.250. The van der Waals surface area contributed by atoms with E-state index in [1.54, 1.807) is 0 Å². The maximum absolute atomic E-state index is 12.8. The Labute approximate surface area is 101 Å². The summed E-state index contributed by atoms with van der Waals surface area (Å²) < 4.78 is 43.1. The van der Waals surface area contributed by atoms with Crippen molar-refractivity contribution in [2.75, 3.05) is 0 Å². The molecule has 0 saturated carbocycles. The smallest absolute Gasteiger partial charge is 0.391 e. The third-order valence-corrected chi connectivity index (χ3v) is 2.57. The van der Waals surface area contributed by atoms with Gasteiger partial charge in [-0.15, -0.1) is 0 Å². The number of nitrogens with zero attached hydrogens (tertiary/aromatic N) is 1. The number of hydrogen-bond donors (Lipinski definition) is 1. The Morgan fingerprint density at radius 3 is 2.56 bits per heavy atom. The molecule has 0 aliphatic heterocycles. The molecule has 0 saturated heterocycles. The predicted molar refractivity (Wildman–Crippen MR) is 56.7 cm³/mol. The van der Waals surface area contributed by atoms with E-state index < -0.39 is 11.7 Å². The van der Waals surface area contributed by atoms with Gasteiger partial charge in [0.15, 0.2) is 0 Å². The second-order valence-corrected chi connectivity index (χ2v) is 3.76. The lowest BCUT2D eigenvalue weighted by atomic mass is 10.0. The Hall–Kier alpha value is -1.82. The van der Waals surface area contributed by atoms with Crippen LogP contribution in [0.5, 0.6) is 0 Å². The molecule has 0 unspecified atom stereocenters. The third kappa shape index (κ3) is 2.53. The van der Waals surface area contributed by atoms with Gasteiger partial charge in [-0.05, 0) is 11.6 Å². The fourth-order valence-corrected chi connectivity index (χ4v) is 1.68. The molecule has 0 spiro atoms. The van der Waals surface area contributed by atoms with Gasteiger partial charge in [0.25, 0.3) is 0 Å². The van der Waals surface area contributed by atoms with Gasteiger partial charge in [-0.2, -0.15) is 13.2 Å². The fourth-order valence-electron chi connectivity index (χ4n) is 1.68. The van der Waals surface area contributed by atoms with E-state index in [2.05, 4.69) is 5.16 Å². The van der Waals surface area contributed by atoms with Crippen LogP contribution < -0.4 is 0 Å². The molecule has 3 nitrogen and oxygen atoms in total. The van der Waals surface area contributed by atoms with Gasteiger partial charge in [0.2, 0.25) is 0 Å². The van der Waals surface area contributed by atoms with Crippen LogP contribution in [0, 0.1) is 0 Å². The standard InChI is InChI=1S/C12H10F3NO2/c13-12(14,15)10-4-2-1-3-8(10)5-11-9(7-17)6-16-18-11/h1-4,6,17H,5,7H2. The van der Waals surface area contributed by atoms with Gasteiger partial charge in [-0.1, -0.05) is 23.4 Å². The minimum Gasteiger partial charge on any atom is -0.391 e. The minimum absolute atomic E-state index is 0.0500. The predicted octanol–water partition coefficient (Wildman–Crippen LogP) is 2.78. The number of aliphatic hydroxyl groups excluding tert-OH is 1. The topological polar surface area (TPSA) is 46.3 Å². The van der Waals surface area contributed by atoms with Crippen LogP contribution in [0.3, 0.4) is 0 Å². The Bertz CT molecular complexity index is 534. The van der Waals surface area contributed by atoms with Gasteiger partial charge < -0.3 is 9.63 Å². The van der Waals surface area contributed by atoms with Crippen molar-refractivity contribution in [2.24, 2.45) is 0 Å². The summed E-state index contributed by atoms with van der Waals surface area (Å²) in [5.74, 6) is 0.245. The first-order valence-corrected chi connectivity index (χ1v) is 5.20. The molecule has 0 atom stereocenters. The quantitative estimate of drug-likeness (QED) is 0.919. The summed E-state index contributed by atoms with van der Waals surface area (Å²) in [6, 6.07) is 5.26. The van der Waals surface area contributed by atoms with Crippen LogP contribution in [-0.4, -0.2) is 10.3 Å². The summed E-state index contributed by atoms with van der Waals surface area (Å²) in [5, 5.41) is 12.5. The van der Waals surface area contributed by atoms with Crippen molar-refractivity contribution >= 4 is 0 Å². The number of hydrogen-bond acceptors (Lipinski definition) is 3. The van der Waals surface area contributed by atoms with Crippen molar-refractivity contribution in [3.8, 4) is 0 Å². The van der Waals surface area contributed by atoms with Crippen LogP contribution in [0.2, 0.25) is 0 Å². The molecule has 96 valence electrons. The zero-order valence-electron chi connectivity index (χ0n) is 9.24. The number of rotatable bonds is 3. The largest absolute Gasteiger partial charge is 0.416 e. The van der Waals surface area contributed by atoms with Crippen molar-refractivity contribution in [3.63, 3.8) is 0 Å². The lowest BCUT2D eigenvalue weighted by molar-refractivity contribution is -0.138. The van der Waals surface area contributed by atoms with E-state index in [0.29, 0.717) is 5.56 Å². The van der Waals surface area contributed by atoms with Gasteiger partial charge in [-0.3, -0.25) is 0 Å². The van der Waals surface area contributed by atoms with Crippen LogP contribution >= 0.6 is 0 Å². The van der Waals surface area contributed by atoms with Crippen LogP contribution in [0.25, 0.3) is 0 Å². The summed E-state index contributed by atoms with van der Waals surface area (Å²) in [6.07, 6.45) is -3.16. The zero-order chi connectivity index (χ0) is 13.2. The molecule has 0 amide bonds. The molecule has 0 bridgehead atoms. The van der Waals surface area contributed by atoms with E-state index in [0.717, 1.165) is 6.07 Å². The summed E-state index contributed by atoms with van der Waals surface area (Å²) in [6.45, 7) is -0.312. The molecule has 0 aliphatic rings. The van der Waals surface area contributed by atoms with E-state index in [1.165, 1.54) is 24.4 Å². The lowest BCUT2D eigenvalue weighted by Gasteiger charge is -2.11. The van der Waals surface area contributed by atoms with Crippen LogP contribution in [0.1, 0.15) is 22.5 Å². The molecule has 1 heterocycles. The Kier molecular flexibility index (Phi) is 3.38. The Balaban J connectivity index is 2.35. The highest BCUT2D eigenvalue weighted by Gasteiger charge is 2.33. The van der Waals surface area contributed by atoms with Gasteiger partial charge in [0.1, 0.15) is 5.76 Å². The molecule has 0 aliphatic carbocycles. The SMILES string of the molecule is OCc1cnoc1Cc1ccccc1C(F)(F)F. The average Bonchev–Trinajstić information content (AvgIpc) is 2.75. The van der Waals surface area contributed by atoms with Crippen molar-refractivity contribution in [3.05, 3.63) is 52.9 Å². The highest BCUT2D eigenvalue weighted by atomic mass is 19.4. The second-order valence-electron chi connectivity index (χ2n) is 3.76. The maximum atomic E-state index is 12.8. The lowest BCUT2D eigenvalue weighted by Crippen LogP contribution is -2.09. The Morgan fingerprint density at radius 2 is 1.89 bits per heavy atom. The molecular formula is C12H10F3NO2. The first-order chi connectivity index (χ1) is 8.52. The number of benzene rings is 1. The van der Waals surface area contributed by atoms with Crippen LogP contribution in [0.4, 0.5) is 13.2 Å². The van der Waals surface area contributed by atoms with Gasteiger partial charge >= 0.3 is 6.18 Å². The summed E-state index contributed by atoms with van der Waals surface area (Å²) in [5.41, 5.74) is -0.214. The molecule has 2 aromatic rings. The summed E-state index contributed by atoms with van der Waals surface area (Å²) in [4.78, 5) is 0. The molecular weight excluding hydrogens is 247 g/mol. The second kappa shape index (κ2) is 4.81. The third-order valence-electron chi connectivity index (χ3n) is 2.57. The number of aromatic nitrogens is 1. The zero-order valence-corrected chi connectivity index (χ0v) is 9.24. The number of alkyl halides is 3. The van der Waals surface area contributed by atoms with Crippen molar-refractivity contribution in [1.82, 2.24) is 5.16 Å². The van der Waals surface area contributed by atoms with E-state index in [-0.39, 0.29) is 24.4 Å². The van der Waals surface area contributed by atoms with Crippen molar-refractivity contribution in [2.45, 2.75) is 19.2 Å². The molecule has 6 heteroatoms. The summed E-state index contributed by atoms with van der Waals surface area (Å²) >= 11 is 0. The van der Waals surface area contributed by atoms with Gasteiger partial charge in [0.05, 0.1) is 18.4 Å². The van der Waals surface area contributed by atoms with Crippen LogP contribution in [-0.2, 0) is 19.2 Å². The normalized spacial score (nSPS) is 11.8. The molecule has 2 rings (SSSR count). The molecule has 1 aromatic carbocycles. The first kappa shape index (κ1) is 12.6. The van der Waals surface area contributed by atoms with Gasteiger partial charge in [0, 0.05) is 12.0 Å². The number of halogens is 3. The molecule has 1 aromatic heterocycles.